The van der Waals surface area contributed by atoms with Crippen LogP contribution in [0, 0.1) is 11.8 Å². The lowest BCUT2D eigenvalue weighted by molar-refractivity contribution is 0.0682. The number of aromatic nitrogens is 1. The number of nitrogens with zero attached hydrogens (tertiary/aromatic N) is 3. The van der Waals surface area contributed by atoms with Crippen LogP contribution in [0.15, 0.2) is 102 Å². The summed E-state index contributed by atoms with van der Waals surface area (Å²) in [6.07, 6.45) is 3.28. The highest BCUT2D eigenvalue weighted by Gasteiger charge is 2.33. The van der Waals surface area contributed by atoms with E-state index in [0.717, 1.165) is 35.3 Å². The molecule has 264 valence electrons. The number of rotatable bonds is 14. The molecule has 0 bridgehead atoms. The minimum Gasteiger partial charge on any atom is -0.445 e. The number of aryl methyl sites for hydroxylation is 1. The molecular weight excluding hydrogens is 632 g/mol. The number of nitrogens with one attached hydrogen (secondary N) is 1. The number of hydrogen-bond donors (Lipinski definition) is 2. The van der Waals surface area contributed by atoms with Crippen molar-refractivity contribution in [1.82, 2.24) is 20.1 Å². The number of imide groups is 1. The predicted molar refractivity (Wildman–Crippen MR) is 190 cm³/mol. The molecule has 50 heavy (non-hydrogen) atoms. The van der Waals surface area contributed by atoms with Crippen molar-refractivity contribution in [2.45, 2.75) is 71.1 Å². The van der Waals surface area contributed by atoms with Gasteiger partial charge in [-0.1, -0.05) is 105 Å². The van der Waals surface area contributed by atoms with E-state index in [9.17, 15) is 19.5 Å². The summed E-state index contributed by atoms with van der Waals surface area (Å²) in [7, 11) is 0. The van der Waals surface area contributed by atoms with Gasteiger partial charge in [-0.25, -0.2) is 19.5 Å². The van der Waals surface area contributed by atoms with Crippen LogP contribution < -0.4 is 5.32 Å². The maximum Gasteiger partial charge on any atom is 0.418 e. The van der Waals surface area contributed by atoms with E-state index in [1.807, 2.05) is 92.7 Å². The van der Waals surface area contributed by atoms with Crippen LogP contribution in [-0.2, 0) is 24.2 Å². The van der Waals surface area contributed by atoms with Crippen molar-refractivity contribution in [2.24, 2.45) is 11.8 Å². The van der Waals surface area contributed by atoms with Crippen molar-refractivity contribution in [2.75, 3.05) is 19.6 Å². The molecule has 2 heterocycles. The van der Waals surface area contributed by atoms with Crippen molar-refractivity contribution < 1.29 is 28.6 Å². The van der Waals surface area contributed by atoms with Crippen LogP contribution in [0.25, 0.3) is 0 Å². The van der Waals surface area contributed by atoms with Gasteiger partial charge in [0.1, 0.15) is 12.9 Å². The number of aliphatic hydroxyl groups excluding tert-OH is 1. The molecule has 0 radical (unpaired) electrons. The first-order valence-corrected chi connectivity index (χ1v) is 17.6. The van der Waals surface area contributed by atoms with Crippen LogP contribution in [0.4, 0.5) is 9.59 Å². The molecule has 0 saturated carbocycles. The SMILES string of the molecule is CC(C)CCN(C(=O)N[C@@H](CCc1ccccc1)C(O)c1nc(C(=O)N2CCC(Cc3ccccc3)CC2)co1)C(=O)OCc1ccccc1. The molecule has 5 rings (SSSR count). The summed E-state index contributed by atoms with van der Waals surface area (Å²) >= 11 is 0. The van der Waals surface area contributed by atoms with Gasteiger partial charge in [0, 0.05) is 19.6 Å². The van der Waals surface area contributed by atoms with E-state index < -0.39 is 24.3 Å². The van der Waals surface area contributed by atoms with Gasteiger partial charge in [0.25, 0.3) is 5.91 Å². The number of carbonyl (C=O) groups excluding carboxylic acids is 3. The molecule has 1 unspecified atom stereocenters. The molecule has 1 aliphatic heterocycles. The second-order valence-electron chi connectivity index (χ2n) is 13.4. The van der Waals surface area contributed by atoms with Gasteiger partial charge in [0.05, 0.1) is 6.04 Å². The average Bonchev–Trinajstić information content (AvgIpc) is 3.64. The Labute approximate surface area is 294 Å². The zero-order valence-electron chi connectivity index (χ0n) is 28.9. The Kier molecular flexibility index (Phi) is 13.2. The van der Waals surface area contributed by atoms with E-state index in [1.165, 1.54) is 11.8 Å². The topological polar surface area (TPSA) is 125 Å². The highest BCUT2D eigenvalue weighted by molar-refractivity contribution is 5.92. The molecule has 10 nitrogen and oxygen atoms in total. The lowest BCUT2D eigenvalue weighted by Gasteiger charge is -2.31. The lowest BCUT2D eigenvalue weighted by atomic mass is 9.90. The van der Waals surface area contributed by atoms with Gasteiger partial charge in [0.2, 0.25) is 5.89 Å². The number of ether oxygens (including phenoxy) is 1. The van der Waals surface area contributed by atoms with Crippen molar-refractivity contribution in [3.63, 3.8) is 0 Å². The quantitative estimate of drug-likeness (QED) is 0.144. The molecule has 0 aliphatic carbocycles. The standard InChI is InChI=1S/C40H48N4O6/c1-29(2)20-25-44(40(48)50-27-33-16-10-5-11-17-33)39(47)42-34(19-18-30-12-6-3-7-13-30)36(45)37-41-35(28-49-37)38(46)43-23-21-32(22-24-43)26-31-14-8-4-9-15-31/h3-17,28-29,32,34,36,45H,18-27H2,1-2H3,(H,42,47)/t34-,36?/m0/s1. The maximum absolute atomic E-state index is 13.7. The molecule has 10 heteroatoms. The molecule has 1 fully saturated rings. The molecule has 2 atom stereocenters. The molecular formula is C40H48N4O6. The number of benzene rings is 3. The highest BCUT2D eigenvalue weighted by Crippen LogP contribution is 2.25. The second-order valence-corrected chi connectivity index (χ2v) is 13.4. The first kappa shape index (κ1) is 36.3. The molecule has 2 N–H and O–H groups in total. The molecule has 3 aromatic carbocycles. The third kappa shape index (κ3) is 10.5. The molecule has 4 amide bonds. The number of urea groups is 1. The third-order valence-corrected chi connectivity index (χ3v) is 9.14. The largest absolute Gasteiger partial charge is 0.445 e. The smallest absolute Gasteiger partial charge is 0.418 e. The van der Waals surface area contributed by atoms with E-state index in [2.05, 4.69) is 22.4 Å². The zero-order chi connectivity index (χ0) is 35.3. The highest BCUT2D eigenvalue weighted by atomic mass is 16.6. The minimum absolute atomic E-state index is 0.0169. The molecule has 1 aliphatic rings. The van der Waals surface area contributed by atoms with Gasteiger partial charge in [-0.05, 0) is 67.1 Å². The Morgan fingerprint density at radius 2 is 1.50 bits per heavy atom. The zero-order valence-corrected chi connectivity index (χ0v) is 28.9. The Hall–Kier alpha value is -4.96. The second kappa shape index (κ2) is 18.2. The van der Waals surface area contributed by atoms with E-state index in [4.69, 9.17) is 9.15 Å². The normalized spacial score (nSPS) is 14.6. The fraction of sp³-hybridized carbons (Fsp3) is 0.400. The molecule has 0 spiro atoms. The summed E-state index contributed by atoms with van der Waals surface area (Å²) < 4.78 is 11.2. The van der Waals surface area contributed by atoms with Crippen LogP contribution in [0.3, 0.4) is 0 Å². The Balaban J connectivity index is 1.25. The first-order chi connectivity index (χ1) is 24.3. The monoisotopic (exact) mass is 680 g/mol. The van der Waals surface area contributed by atoms with Crippen LogP contribution >= 0.6 is 0 Å². The summed E-state index contributed by atoms with van der Waals surface area (Å²) in [6.45, 7) is 5.40. The van der Waals surface area contributed by atoms with Crippen LogP contribution in [0.5, 0.6) is 0 Å². The fourth-order valence-corrected chi connectivity index (χ4v) is 6.12. The van der Waals surface area contributed by atoms with Crippen LogP contribution in [0.2, 0.25) is 0 Å². The van der Waals surface area contributed by atoms with Crippen molar-refractivity contribution in [3.8, 4) is 0 Å². The number of likely N-dealkylation sites (tertiary alicyclic amines) is 1. The van der Waals surface area contributed by atoms with E-state index in [0.29, 0.717) is 38.3 Å². The van der Waals surface area contributed by atoms with Gasteiger partial charge < -0.3 is 24.5 Å². The summed E-state index contributed by atoms with van der Waals surface area (Å²) in [5.41, 5.74) is 3.22. The summed E-state index contributed by atoms with van der Waals surface area (Å²) in [4.78, 5) is 47.6. The van der Waals surface area contributed by atoms with E-state index in [-0.39, 0.29) is 36.6 Å². The number of carbonyl (C=O) groups is 3. The Morgan fingerprint density at radius 3 is 2.12 bits per heavy atom. The summed E-state index contributed by atoms with van der Waals surface area (Å²) in [5, 5.41) is 14.4. The first-order valence-electron chi connectivity index (χ1n) is 17.6. The van der Waals surface area contributed by atoms with Gasteiger partial charge in [-0.3, -0.25) is 4.79 Å². The van der Waals surface area contributed by atoms with Crippen molar-refractivity contribution in [3.05, 3.63) is 126 Å². The number of piperidine rings is 1. The van der Waals surface area contributed by atoms with E-state index in [1.54, 1.807) is 4.90 Å². The van der Waals surface area contributed by atoms with Crippen LogP contribution in [0.1, 0.15) is 78.7 Å². The fourth-order valence-electron chi connectivity index (χ4n) is 6.12. The summed E-state index contributed by atoms with van der Waals surface area (Å²) in [6, 6.07) is 27.7. The van der Waals surface area contributed by atoms with E-state index >= 15 is 0 Å². The lowest BCUT2D eigenvalue weighted by Crippen LogP contribution is -2.50. The van der Waals surface area contributed by atoms with Crippen molar-refractivity contribution >= 4 is 18.0 Å². The average molecular weight is 681 g/mol. The number of amides is 4. The molecule has 1 aromatic heterocycles. The number of hydrogen-bond acceptors (Lipinski definition) is 7. The van der Waals surface area contributed by atoms with Gasteiger partial charge in [-0.15, -0.1) is 0 Å². The minimum atomic E-state index is -1.38. The Bertz CT molecular complexity index is 1640. The van der Waals surface area contributed by atoms with Gasteiger partial charge >= 0.3 is 12.1 Å². The molecule has 1 saturated heterocycles. The van der Waals surface area contributed by atoms with Gasteiger partial charge in [-0.2, -0.15) is 0 Å². The number of oxazole rings is 1. The predicted octanol–water partition coefficient (Wildman–Crippen LogP) is 7.20. The molecule has 4 aromatic rings. The maximum atomic E-state index is 13.7. The third-order valence-electron chi connectivity index (χ3n) is 9.14. The van der Waals surface area contributed by atoms with Gasteiger partial charge in [0.15, 0.2) is 11.8 Å². The van der Waals surface area contributed by atoms with Crippen LogP contribution in [-0.4, -0.2) is 63.6 Å². The van der Waals surface area contributed by atoms with Crippen molar-refractivity contribution in [1.29, 1.82) is 0 Å². The Morgan fingerprint density at radius 1 is 0.900 bits per heavy atom. The summed E-state index contributed by atoms with van der Waals surface area (Å²) in [5.74, 6) is 0.396. The number of aliphatic hydroxyl groups is 1.